The molecule has 0 aromatic heterocycles. The maximum atomic E-state index is 11.5. The lowest BCUT2D eigenvalue weighted by molar-refractivity contribution is -0.116. The summed E-state index contributed by atoms with van der Waals surface area (Å²) in [4.78, 5) is 11.6. The molecule has 7 heteroatoms. The van der Waals surface area contributed by atoms with Crippen LogP contribution in [-0.2, 0) is 14.8 Å². The van der Waals surface area contributed by atoms with Crippen molar-refractivity contribution in [3.8, 4) is 0 Å². The van der Waals surface area contributed by atoms with E-state index < -0.39 is 10.0 Å². The minimum atomic E-state index is -3.43. The van der Waals surface area contributed by atoms with Crippen LogP contribution in [0.15, 0.2) is 29.2 Å². The van der Waals surface area contributed by atoms with Gasteiger partial charge in [-0.05, 0) is 38.4 Å². The SMILES string of the molecule is CNCCC(=O)Nc1ccc(S(=O)(=O)NC)cc1. The molecule has 0 unspecified atom stereocenters. The quantitative estimate of drug-likeness (QED) is 0.687. The van der Waals surface area contributed by atoms with Crippen molar-refractivity contribution in [1.29, 1.82) is 0 Å². The zero-order chi connectivity index (χ0) is 13.6. The van der Waals surface area contributed by atoms with Crippen molar-refractivity contribution in [1.82, 2.24) is 10.0 Å². The molecular formula is C11H17N3O3S. The molecule has 0 fully saturated rings. The summed E-state index contributed by atoms with van der Waals surface area (Å²) >= 11 is 0. The summed E-state index contributed by atoms with van der Waals surface area (Å²) in [5, 5.41) is 5.55. The summed E-state index contributed by atoms with van der Waals surface area (Å²) in [6, 6.07) is 6.00. The Hall–Kier alpha value is -1.44. The number of carbonyl (C=O) groups excluding carboxylic acids is 1. The minimum Gasteiger partial charge on any atom is -0.326 e. The molecule has 1 rings (SSSR count). The van der Waals surface area contributed by atoms with Crippen molar-refractivity contribution in [2.24, 2.45) is 0 Å². The molecule has 0 aliphatic rings. The fraction of sp³-hybridized carbons (Fsp3) is 0.364. The first kappa shape index (κ1) is 14.6. The van der Waals surface area contributed by atoms with Crippen molar-refractivity contribution in [2.75, 3.05) is 26.0 Å². The van der Waals surface area contributed by atoms with Gasteiger partial charge >= 0.3 is 0 Å². The van der Waals surface area contributed by atoms with E-state index in [0.29, 0.717) is 18.7 Å². The molecular weight excluding hydrogens is 254 g/mol. The van der Waals surface area contributed by atoms with Crippen LogP contribution >= 0.6 is 0 Å². The van der Waals surface area contributed by atoms with Gasteiger partial charge in [0.2, 0.25) is 15.9 Å². The van der Waals surface area contributed by atoms with E-state index in [1.165, 1.54) is 19.2 Å². The summed E-state index contributed by atoms with van der Waals surface area (Å²) in [6.07, 6.45) is 0.368. The van der Waals surface area contributed by atoms with Gasteiger partial charge in [0.05, 0.1) is 4.90 Å². The molecule has 0 spiro atoms. The molecule has 3 N–H and O–H groups in total. The molecule has 100 valence electrons. The highest BCUT2D eigenvalue weighted by Crippen LogP contribution is 2.13. The van der Waals surface area contributed by atoms with E-state index >= 15 is 0 Å². The zero-order valence-corrected chi connectivity index (χ0v) is 11.2. The normalized spacial score (nSPS) is 11.2. The van der Waals surface area contributed by atoms with Crippen LogP contribution in [0.25, 0.3) is 0 Å². The molecule has 1 aromatic carbocycles. The Morgan fingerprint density at radius 2 is 1.78 bits per heavy atom. The Morgan fingerprint density at radius 3 is 2.28 bits per heavy atom. The predicted molar refractivity (Wildman–Crippen MR) is 69.9 cm³/mol. The van der Waals surface area contributed by atoms with Crippen LogP contribution in [0, 0.1) is 0 Å². The molecule has 0 saturated carbocycles. The first-order valence-electron chi connectivity index (χ1n) is 5.47. The number of hydrogen-bond donors (Lipinski definition) is 3. The third kappa shape index (κ3) is 4.10. The lowest BCUT2D eigenvalue weighted by Crippen LogP contribution is -2.19. The molecule has 18 heavy (non-hydrogen) atoms. The molecule has 1 amide bonds. The maximum Gasteiger partial charge on any atom is 0.240 e. The van der Waals surface area contributed by atoms with Gasteiger partial charge < -0.3 is 10.6 Å². The van der Waals surface area contributed by atoms with Crippen molar-refractivity contribution in [3.05, 3.63) is 24.3 Å². The second-order valence-corrected chi connectivity index (χ2v) is 5.52. The average Bonchev–Trinajstić information content (AvgIpc) is 2.37. The molecule has 1 aromatic rings. The summed E-state index contributed by atoms with van der Waals surface area (Å²) < 4.78 is 25.2. The van der Waals surface area contributed by atoms with E-state index in [9.17, 15) is 13.2 Å². The number of nitrogens with one attached hydrogen (secondary N) is 3. The van der Waals surface area contributed by atoms with E-state index in [2.05, 4.69) is 15.4 Å². The Morgan fingerprint density at radius 1 is 1.17 bits per heavy atom. The highest BCUT2D eigenvalue weighted by atomic mass is 32.2. The van der Waals surface area contributed by atoms with Gasteiger partial charge in [0.25, 0.3) is 0 Å². The van der Waals surface area contributed by atoms with Crippen LogP contribution in [0.1, 0.15) is 6.42 Å². The molecule has 6 nitrogen and oxygen atoms in total. The Kier molecular flexibility index (Phi) is 5.26. The summed E-state index contributed by atoms with van der Waals surface area (Å²) in [6.45, 7) is 0.595. The van der Waals surface area contributed by atoms with Crippen molar-refractivity contribution >= 4 is 21.6 Å². The van der Waals surface area contributed by atoms with Crippen LogP contribution < -0.4 is 15.4 Å². The molecule has 0 bridgehead atoms. The first-order chi connectivity index (χ1) is 8.49. The summed E-state index contributed by atoms with van der Waals surface area (Å²) in [5.74, 6) is -0.117. The lowest BCUT2D eigenvalue weighted by atomic mass is 10.3. The van der Waals surface area contributed by atoms with E-state index in [1.807, 2.05) is 0 Å². The van der Waals surface area contributed by atoms with Crippen LogP contribution in [0.5, 0.6) is 0 Å². The van der Waals surface area contributed by atoms with E-state index in [4.69, 9.17) is 0 Å². The standard InChI is InChI=1S/C11H17N3O3S/c1-12-8-7-11(15)14-9-3-5-10(6-4-9)18(16,17)13-2/h3-6,12-13H,7-8H2,1-2H3,(H,14,15). The van der Waals surface area contributed by atoms with Gasteiger partial charge in [0, 0.05) is 18.7 Å². The summed E-state index contributed by atoms with van der Waals surface area (Å²) in [7, 11) is -0.312. The van der Waals surface area contributed by atoms with Crippen LogP contribution in [0.2, 0.25) is 0 Å². The van der Waals surface area contributed by atoms with Crippen LogP contribution in [0.3, 0.4) is 0 Å². The fourth-order valence-electron chi connectivity index (χ4n) is 1.30. The van der Waals surface area contributed by atoms with Gasteiger partial charge in [0.1, 0.15) is 0 Å². The number of sulfonamides is 1. The molecule has 0 saturated heterocycles. The average molecular weight is 271 g/mol. The number of carbonyl (C=O) groups is 1. The second kappa shape index (κ2) is 6.48. The third-order valence-electron chi connectivity index (χ3n) is 2.32. The van der Waals surface area contributed by atoms with Gasteiger partial charge in [0.15, 0.2) is 0 Å². The minimum absolute atomic E-state index is 0.117. The van der Waals surface area contributed by atoms with Crippen LogP contribution in [-0.4, -0.2) is 35.0 Å². The Labute approximate surface area is 107 Å². The highest BCUT2D eigenvalue weighted by molar-refractivity contribution is 7.89. The Bertz CT molecular complexity index is 497. The van der Waals surface area contributed by atoms with Gasteiger partial charge in [-0.25, -0.2) is 13.1 Å². The lowest BCUT2D eigenvalue weighted by Gasteiger charge is -2.06. The molecule has 0 aliphatic heterocycles. The Balaban J connectivity index is 2.69. The molecule has 0 radical (unpaired) electrons. The smallest absolute Gasteiger partial charge is 0.240 e. The fourth-order valence-corrected chi connectivity index (χ4v) is 2.03. The number of anilines is 1. The van der Waals surface area contributed by atoms with Gasteiger partial charge in [-0.1, -0.05) is 0 Å². The summed E-state index contributed by atoms with van der Waals surface area (Å²) in [5.41, 5.74) is 0.575. The second-order valence-electron chi connectivity index (χ2n) is 3.63. The predicted octanol–water partition coefficient (Wildman–Crippen LogP) is 0.143. The van der Waals surface area contributed by atoms with Gasteiger partial charge in [-0.2, -0.15) is 0 Å². The zero-order valence-electron chi connectivity index (χ0n) is 10.4. The number of rotatable bonds is 6. The van der Waals surface area contributed by atoms with E-state index in [1.54, 1.807) is 19.2 Å². The number of hydrogen-bond acceptors (Lipinski definition) is 4. The van der Waals surface area contributed by atoms with Crippen molar-refractivity contribution in [2.45, 2.75) is 11.3 Å². The molecule has 0 atom stereocenters. The van der Waals surface area contributed by atoms with Gasteiger partial charge in [-0.3, -0.25) is 4.79 Å². The number of amides is 1. The van der Waals surface area contributed by atoms with Crippen LogP contribution in [0.4, 0.5) is 5.69 Å². The maximum absolute atomic E-state index is 11.5. The molecule has 0 heterocycles. The first-order valence-corrected chi connectivity index (χ1v) is 6.96. The van der Waals surface area contributed by atoms with Crippen molar-refractivity contribution < 1.29 is 13.2 Å². The van der Waals surface area contributed by atoms with Crippen molar-refractivity contribution in [3.63, 3.8) is 0 Å². The largest absolute Gasteiger partial charge is 0.326 e. The topological polar surface area (TPSA) is 87.3 Å². The number of benzene rings is 1. The molecule has 0 aliphatic carbocycles. The van der Waals surface area contributed by atoms with Gasteiger partial charge in [-0.15, -0.1) is 0 Å². The highest BCUT2D eigenvalue weighted by Gasteiger charge is 2.10. The monoisotopic (exact) mass is 271 g/mol. The third-order valence-corrected chi connectivity index (χ3v) is 3.75. The van der Waals surface area contributed by atoms with E-state index in [-0.39, 0.29) is 10.8 Å². The van der Waals surface area contributed by atoms with E-state index in [0.717, 1.165) is 0 Å².